The largest absolute Gasteiger partial charge is 0.494 e. The SMILES string of the molecule is CCOc1ccc(OCCNC(=O)Cc2csc(-c3ccc(C)cc3)n2)cc1. The molecule has 0 saturated carbocycles. The Bertz CT molecular complexity index is 889. The van der Waals surface area contributed by atoms with Gasteiger partial charge >= 0.3 is 0 Å². The molecule has 0 fully saturated rings. The minimum atomic E-state index is -0.0592. The van der Waals surface area contributed by atoms with Crippen molar-refractivity contribution in [2.24, 2.45) is 0 Å². The van der Waals surface area contributed by atoms with Crippen LogP contribution in [0.5, 0.6) is 11.5 Å². The fourth-order valence-electron chi connectivity index (χ4n) is 2.60. The Morgan fingerprint density at radius 1 is 1.04 bits per heavy atom. The number of nitrogens with zero attached hydrogens (tertiary/aromatic N) is 1. The third kappa shape index (κ3) is 5.82. The molecular weight excluding hydrogens is 372 g/mol. The van der Waals surface area contributed by atoms with Gasteiger partial charge in [0.1, 0.15) is 23.1 Å². The predicted octanol–water partition coefficient (Wildman–Crippen LogP) is 4.25. The molecule has 0 saturated heterocycles. The van der Waals surface area contributed by atoms with E-state index >= 15 is 0 Å². The van der Waals surface area contributed by atoms with Gasteiger partial charge in [-0.05, 0) is 38.1 Å². The number of rotatable bonds is 9. The monoisotopic (exact) mass is 396 g/mol. The Labute approximate surface area is 169 Å². The molecule has 0 spiro atoms. The van der Waals surface area contributed by atoms with E-state index in [-0.39, 0.29) is 12.3 Å². The first-order valence-corrected chi connectivity index (χ1v) is 10.2. The molecule has 5 nitrogen and oxygen atoms in total. The minimum absolute atomic E-state index is 0.0592. The first-order valence-electron chi connectivity index (χ1n) is 9.28. The predicted molar refractivity (Wildman–Crippen MR) is 112 cm³/mol. The van der Waals surface area contributed by atoms with Gasteiger partial charge in [0.2, 0.25) is 5.91 Å². The molecule has 1 heterocycles. The maximum Gasteiger partial charge on any atom is 0.226 e. The highest BCUT2D eigenvalue weighted by Crippen LogP contribution is 2.24. The molecule has 0 bridgehead atoms. The second kappa shape index (κ2) is 9.90. The second-order valence-corrected chi connectivity index (χ2v) is 7.15. The van der Waals surface area contributed by atoms with Gasteiger partial charge in [0.25, 0.3) is 0 Å². The molecule has 2 aromatic carbocycles. The third-order valence-corrected chi connectivity index (χ3v) is 4.96. The number of ether oxygens (including phenoxy) is 2. The maximum absolute atomic E-state index is 12.1. The average molecular weight is 397 g/mol. The van der Waals surface area contributed by atoms with Crippen molar-refractivity contribution in [2.45, 2.75) is 20.3 Å². The molecule has 0 unspecified atom stereocenters. The highest BCUT2D eigenvalue weighted by molar-refractivity contribution is 7.13. The molecule has 1 N–H and O–H groups in total. The topological polar surface area (TPSA) is 60.5 Å². The van der Waals surface area contributed by atoms with Gasteiger partial charge in [0.15, 0.2) is 0 Å². The zero-order chi connectivity index (χ0) is 19.8. The molecule has 3 aromatic rings. The first-order chi connectivity index (χ1) is 13.6. The van der Waals surface area contributed by atoms with E-state index in [1.54, 1.807) is 11.3 Å². The number of amides is 1. The Balaban J connectivity index is 1.40. The summed E-state index contributed by atoms with van der Waals surface area (Å²) in [5.74, 6) is 1.51. The Morgan fingerprint density at radius 2 is 1.71 bits per heavy atom. The third-order valence-electron chi connectivity index (χ3n) is 4.02. The Kier molecular flexibility index (Phi) is 7.03. The van der Waals surface area contributed by atoms with E-state index in [1.165, 1.54) is 5.56 Å². The van der Waals surface area contributed by atoms with Gasteiger partial charge in [0, 0.05) is 10.9 Å². The summed E-state index contributed by atoms with van der Waals surface area (Å²) in [6.07, 6.45) is 0.269. The van der Waals surface area contributed by atoms with E-state index in [9.17, 15) is 4.79 Å². The summed E-state index contributed by atoms with van der Waals surface area (Å²) < 4.78 is 11.0. The van der Waals surface area contributed by atoms with Crippen molar-refractivity contribution >= 4 is 17.2 Å². The maximum atomic E-state index is 12.1. The summed E-state index contributed by atoms with van der Waals surface area (Å²) in [4.78, 5) is 16.7. The summed E-state index contributed by atoms with van der Waals surface area (Å²) in [6, 6.07) is 15.7. The smallest absolute Gasteiger partial charge is 0.226 e. The van der Waals surface area contributed by atoms with Crippen molar-refractivity contribution in [2.75, 3.05) is 19.8 Å². The normalized spacial score (nSPS) is 10.5. The zero-order valence-corrected chi connectivity index (χ0v) is 16.9. The highest BCUT2D eigenvalue weighted by atomic mass is 32.1. The molecule has 1 aromatic heterocycles. The molecule has 3 rings (SSSR count). The van der Waals surface area contributed by atoms with Crippen LogP contribution in [0.15, 0.2) is 53.9 Å². The number of carbonyl (C=O) groups excluding carboxylic acids is 1. The molecule has 0 aliphatic heterocycles. The number of carbonyl (C=O) groups is 1. The van der Waals surface area contributed by atoms with Crippen molar-refractivity contribution in [3.8, 4) is 22.1 Å². The van der Waals surface area contributed by atoms with E-state index in [0.717, 1.165) is 27.8 Å². The van der Waals surface area contributed by atoms with Gasteiger partial charge < -0.3 is 14.8 Å². The summed E-state index contributed by atoms with van der Waals surface area (Å²) >= 11 is 1.55. The van der Waals surface area contributed by atoms with Crippen LogP contribution in [0.25, 0.3) is 10.6 Å². The quantitative estimate of drug-likeness (QED) is 0.549. The molecule has 146 valence electrons. The van der Waals surface area contributed by atoms with Gasteiger partial charge in [-0.2, -0.15) is 0 Å². The van der Waals surface area contributed by atoms with Crippen LogP contribution in [-0.2, 0) is 11.2 Å². The van der Waals surface area contributed by atoms with Gasteiger partial charge in [-0.1, -0.05) is 29.8 Å². The summed E-state index contributed by atoms with van der Waals surface area (Å²) in [5, 5.41) is 5.73. The number of hydrogen-bond donors (Lipinski definition) is 1. The number of aryl methyl sites for hydroxylation is 1. The van der Waals surface area contributed by atoms with E-state index in [4.69, 9.17) is 9.47 Å². The second-order valence-electron chi connectivity index (χ2n) is 6.29. The standard InChI is InChI=1S/C22H24N2O3S/c1-3-26-19-8-10-20(11-9-19)27-13-12-23-21(25)14-18-15-28-22(24-18)17-6-4-16(2)5-7-17/h4-11,15H,3,12-14H2,1-2H3,(H,23,25). The van der Waals surface area contributed by atoms with Crippen LogP contribution in [0, 0.1) is 6.92 Å². The molecule has 0 atom stereocenters. The summed E-state index contributed by atoms with van der Waals surface area (Å²) in [7, 11) is 0. The zero-order valence-electron chi connectivity index (χ0n) is 16.1. The van der Waals surface area contributed by atoms with Gasteiger partial charge in [-0.15, -0.1) is 11.3 Å². The van der Waals surface area contributed by atoms with Crippen LogP contribution in [-0.4, -0.2) is 30.6 Å². The van der Waals surface area contributed by atoms with E-state index in [1.807, 2.05) is 36.6 Å². The highest BCUT2D eigenvalue weighted by Gasteiger charge is 2.09. The molecule has 0 aliphatic carbocycles. The van der Waals surface area contributed by atoms with Gasteiger partial charge in [-0.3, -0.25) is 4.79 Å². The van der Waals surface area contributed by atoms with Crippen LogP contribution in [0.4, 0.5) is 0 Å². The lowest BCUT2D eigenvalue weighted by Crippen LogP contribution is -2.29. The number of aromatic nitrogens is 1. The van der Waals surface area contributed by atoms with Crippen molar-refractivity contribution in [1.82, 2.24) is 10.3 Å². The van der Waals surface area contributed by atoms with E-state index < -0.39 is 0 Å². The van der Waals surface area contributed by atoms with Crippen LogP contribution < -0.4 is 14.8 Å². The lowest BCUT2D eigenvalue weighted by Gasteiger charge is -2.08. The molecule has 1 amide bonds. The van der Waals surface area contributed by atoms with E-state index in [0.29, 0.717) is 19.8 Å². The van der Waals surface area contributed by atoms with Crippen LogP contribution in [0.3, 0.4) is 0 Å². The molecule has 0 aliphatic rings. The molecule has 28 heavy (non-hydrogen) atoms. The van der Waals surface area contributed by atoms with Crippen molar-refractivity contribution in [3.05, 3.63) is 65.2 Å². The Morgan fingerprint density at radius 3 is 2.39 bits per heavy atom. The molecule has 6 heteroatoms. The minimum Gasteiger partial charge on any atom is -0.494 e. The number of hydrogen-bond acceptors (Lipinski definition) is 5. The van der Waals surface area contributed by atoms with Crippen molar-refractivity contribution in [1.29, 1.82) is 0 Å². The van der Waals surface area contributed by atoms with Crippen LogP contribution in [0.1, 0.15) is 18.2 Å². The van der Waals surface area contributed by atoms with E-state index in [2.05, 4.69) is 41.5 Å². The lowest BCUT2D eigenvalue weighted by molar-refractivity contribution is -0.120. The number of nitrogens with one attached hydrogen (secondary N) is 1. The van der Waals surface area contributed by atoms with Crippen LogP contribution in [0.2, 0.25) is 0 Å². The summed E-state index contributed by atoms with van der Waals surface area (Å²) in [6.45, 7) is 5.49. The average Bonchev–Trinajstić information content (AvgIpc) is 3.15. The Hall–Kier alpha value is -2.86. The van der Waals surface area contributed by atoms with Gasteiger partial charge in [0.05, 0.1) is 25.3 Å². The fourth-order valence-corrected chi connectivity index (χ4v) is 3.43. The molecule has 0 radical (unpaired) electrons. The van der Waals surface area contributed by atoms with Crippen molar-refractivity contribution in [3.63, 3.8) is 0 Å². The van der Waals surface area contributed by atoms with Gasteiger partial charge in [-0.25, -0.2) is 4.98 Å². The summed E-state index contributed by atoms with van der Waals surface area (Å²) in [5.41, 5.74) is 3.07. The van der Waals surface area contributed by atoms with Crippen molar-refractivity contribution < 1.29 is 14.3 Å². The fraction of sp³-hybridized carbons (Fsp3) is 0.273. The number of thiazole rings is 1. The van der Waals surface area contributed by atoms with Crippen LogP contribution >= 0.6 is 11.3 Å². The number of benzene rings is 2. The molecular formula is C22H24N2O3S. The lowest BCUT2D eigenvalue weighted by atomic mass is 10.2. The first kappa shape index (κ1) is 19.9.